The van der Waals surface area contributed by atoms with Gasteiger partial charge in [0.1, 0.15) is 16.4 Å². The number of nitrogens with zero attached hydrogens (tertiary/aromatic N) is 1. The summed E-state index contributed by atoms with van der Waals surface area (Å²) in [6.07, 6.45) is 20.3. The molecule has 0 fully saturated rings. The zero-order valence-corrected chi connectivity index (χ0v) is 25.8. The normalized spacial score (nSPS) is 11.4. The molecule has 3 aromatic rings. The third kappa shape index (κ3) is 12.7. The second-order valence-corrected chi connectivity index (χ2v) is 12.1. The van der Waals surface area contributed by atoms with Crippen molar-refractivity contribution in [1.29, 1.82) is 0 Å². The standard InChI is InChI=1S/C32H46N2O5S.Li/c1-2-3-4-5-6-7-8-9-10-11-12-13-14-15-17-20-27-25-32(35)34(33-27)28-23-24-30(31(26-28)40(36,37)38)39-29-21-18-16-19-22-29;/h16,18-19,21-26,33H,2-15,17,20H2,1H3,(H,36,37,38);. The molecule has 0 amide bonds. The number of H-pyrrole nitrogens is 1. The molecule has 2 N–H and O–H groups in total. The van der Waals surface area contributed by atoms with E-state index in [-0.39, 0.29) is 30.2 Å². The van der Waals surface area contributed by atoms with Gasteiger partial charge in [0.05, 0.1) is 5.69 Å². The Kier molecular flexibility index (Phi) is 16.2. The summed E-state index contributed by atoms with van der Waals surface area (Å²) in [5.74, 6) is 0.415. The van der Waals surface area contributed by atoms with Crippen molar-refractivity contribution in [2.75, 3.05) is 0 Å². The summed E-state index contributed by atoms with van der Waals surface area (Å²) in [4.78, 5) is 12.2. The first kappa shape index (κ1) is 35.0. The van der Waals surface area contributed by atoms with E-state index < -0.39 is 15.0 Å². The van der Waals surface area contributed by atoms with Crippen molar-refractivity contribution in [2.45, 2.75) is 115 Å². The van der Waals surface area contributed by atoms with Gasteiger partial charge in [-0.1, -0.05) is 115 Å². The van der Waals surface area contributed by atoms with Gasteiger partial charge in [0.25, 0.3) is 15.7 Å². The molecule has 1 heterocycles. The molecule has 1 aromatic heterocycles. The van der Waals surface area contributed by atoms with Gasteiger partial charge in [0.2, 0.25) is 0 Å². The SMILES string of the molecule is CCCCCCCCCCCCCCCCCc1cc(=O)n(-c2ccc(Oc3ccccc3)c(S(=O)(=O)O)c2)[nH]1.[Li]. The fourth-order valence-corrected chi connectivity index (χ4v) is 5.62. The average Bonchev–Trinajstić information content (AvgIpc) is 3.31. The van der Waals surface area contributed by atoms with E-state index >= 15 is 0 Å². The van der Waals surface area contributed by atoms with Crippen LogP contribution >= 0.6 is 0 Å². The van der Waals surface area contributed by atoms with Gasteiger partial charge in [-0.2, -0.15) is 8.42 Å². The van der Waals surface area contributed by atoms with Crippen LogP contribution in [0.5, 0.6) is 11.5 Å². The maximum Gasteiger partial charge on any atom is 0.298 e. The number of unbranched alkanes of at least 4 members (excludes halogenated alkanes) is 14. The topological polar surface area (TPSA) is 101 Å². The molecule has 0 atom stereocenters. The van der Waals surface area contributed by atoms with Crippen LogP contribution in [0, 0.1) is 0 Å². The number of aromatic amines is 1. The van der Waals surface area contributed by atoms with Gasteiger partial charge < -0.3 is 4.74 Å². The molecule has 0 unspecified atom stereocenters. The van der Waals surface area contributed by atoms with Gasteiger partial charge in [-0.3, -0.25) is 14.4 Å². The van der Waals surface area contributed by atoms with E-state index in [1.807, 2.05) is 6.07 Å². The van der Waals surface area contributed by atoms with Crippen LogP contribution in [0.25, 0.3) is 5.69 Å². The number of aryl methyl sites for hydroxylation is 1. The van der Waals surface area contributed by atoms with Gasteiger partial charge >= 0.3 is 0 Å². The Bertz CT molecular complexity index is 1310. The van der Waals surface area contributed by atoms with Crippen LogP contribution in [-0.4, -0.2) is 41.6 Å². The Labute approximate surface area is 258 Å². The molecule has 221 valence electrons. The van der Waals surface area contributed by atoms with Crippen LogP contribution in [0.2, 0.25) is 0 Å². The molecular formula is C32H46LiN2O5S. The minimum atomic E-state index is -4.58. The molecule has 0 aliphatic carbocycles. The van der Waals surface area contributed by atoms with E-state index in [1.54, 1.807) is 36.4 Å². The Balaban J connectivity index is 0.00000588. The van der Waals surface area contributed by atoms with Gasteiger partial charge in [-0.25, -0.2) is 4.68 Å². The summed E-state index contributed by atoms with van der Waals surface area (Å²) in [5.41, 5.74) is 0.826. The molecule has 7 nitrogen and oxygen atoms in total. The largest absolute Gasteiger partial charge is 0.456 e. The number of ether oxygens (including phenoxy) is 1. The fourth-order valence-electron chi connectivity index (χ4n) is 4.99. The first-order valence-electron chi connectivity index (χ1n) is 15.0. The number of hydrogen-bond acceptors (Lipinski definition) is 4. The molecule has 0 aliphatic heterocycles. The van der Waals surface area contributed by atoms with Crippen LogP contribution < -0.4 is 10.3 Å². The van der Waals surface area contributed by atoms with E-state index in [9.17, 15) is 17.8 Å². The van der Waals surface area contributed by atoms with E-state index in [0.29, 0.717) is 11.4 Å². The molecule has 0 aliphatic rings. The Morgan fingerprint density at radius 1 is 0.756 bits per heavy atom. The molecule has 3 rings (SSSR count). The smallest absolute Gasteiger partial charge is 0.298 e. The van der Waals surface area contributed by atoms with Crippen LogP contribution in [0.1, 0.15) is 109 Å². The maximum absolute atomic E-state index is 12.6. The van der Waals surface area contributed by atoms with Crippen LogP contribution in [0.4, 0.5) is 0 Å². The van der Waals surface area contributed by atoms with Crippen LogP contribution in [0.3, 0.4) is 0 Å². The van der Waals surface area contributed by atoms with Crippen molar-refractivity contribution in [3.8, 4) is 17.2 Å². The molecule has 2 aromatic carbocycles. The molecule has 9 heteroatoms. The summed E-state index contributed by atoms with van der Waals surface area (Å²) < 4.78 is 40.9. The fraction of sp³-hybridized carbons (Fsp3) is 0.531. The van der Waals surface area contributed by atoms with E-state index in [0.717, 1.165) is 25.0 Å². The summed E-state index contributed by atoms with van der Waals surface area (Å²) in [6, 6.07) is 14.5. The minimum Gasteiger partial charge on any atom is -0.456 e. The first-order chi connectivity index (χ1) is 19.4. The van der Waals surface area contributed by atoms with Crippen molar-refractivity contribution in [1.82, 2.24) is 9.78 Å². The van der Waals surface area contributed by atoms with Crippen LogP contribution in [-0.2, 0) is 16.5 Å². The molecule has 0 saturated carbocycles. The van der Waals surface area contributed by atoms with Gasteiger partial charge in [-0.05, 0) is 43.2 Å². The second kappa shape index (κ2) is 19.0. The molecule has 0 bridgehead atoms. The molecule has 0 saturated heterocycles. The molecule has 1 radical (unpaired) electrons. The number of benzene rings is 2. The quantitative estimate of drug-likeness (QED) is 0.0800. The molecular weight excluding hydrogens is 531 g/mol. The molecule has 41 heavy (non-hydrogen) atoms. The summed E-state index contributed by atoms with van der Waals surface area (Å²) in [6.45, 7) is 2.26. The summed E-state index contributed by atoms with van der Waals surface area (Å²) in [7, 11) is -4.58. The maximum atomic E-state index is 12.6. The predicted molar refractivity (Wildman–Crippen MR) is 167 cm³/mol. The van der Waals surface area contributed by atoms with Gasteiger partial charge in [0, 0.05) is 30.6 Å². The third-order valence-corrected chi connectivity index (χ3v) is 8.13. The number of aromatic nitrogens is 2. The van der Waals surface area contributed by atoms with Crippen molar-refractivity contribution >= 4 is 29.0 Å². The Morgan fingerprint density at radius 3 is 1.83 bits per heavy atom. The number of rotatable bonds is 20. The second-order valence-electron chi connectivity index (χ2n) is 10.7. The first-order valence-corrected chi connectivity index (χ1v) is 16.5. The van der Waals surface area contributed by atoms with E-state index in [1.165, 1.54) is 100 Å². The Hall–Kier alpha value is -2.24. The van der Waals surface area contributed by atoms with Crippen LogP contribution in [0.15, 0.2) is 64.3 Å². The number of nitrogens with one attached hydrogen (secondary N) is 1. The van der Waals surface area contributed by atoms with E-state index in [4.69, 9.17) is 4.74 Å². The zero-order chi connectivity index (χ0) is 28.6. The van der Waals surface area contributed by atoms with Crippen molar-refractivity contribution in [2.24, 2.45) is 0 Å². The third-order valence-electron chi connectivity index (χ3n) is 7.26. The Morgan fingerprint density at radius 2 is 1.29 bits per heavy atom. The summed E-state index contributed by atoms with van der Waals surface area (Å²) in [5, 5.41) is 3.08. The average molecular weight is 578 g/mol. The van der Waals surface area contributed by atoms with Gasteiger partial charge in [-0.15, -0.1) is 0 Å². The minimum absolute atomic E-state index is 0. The predicted octanol–water partition coefficient (Wildman–Crippen LogP) is 8.24. The van der Waals surface area contributed by atoms with Crippen molar-refractivity contribution < 1.29 is 17.7 Å². The summed E-state index contributed by atoms with van der Waals surface area (Å²) >= 11 is 0. The van der Waals surface area contributed by atoms with Crippen molar-refractivity contribution in [3.05, 3.63) is 70.6 Å². The van der Waals surface area contributed by atoms with Gasteiger partial charge in [0.15, 0.2) is 0 Å². The zero-order valence-electron chi connectivity index (χ0n) is 24.9. The van der Waals surface area contributed by atoms with E-state index in [2.05, 4.69) is 12.0 Å². The number of para-hydroxylation sites is 1. The van der Waals surface area contributed by atoms with Crippen molar-refractivity contribution in [3.63, 3.8) is 0 Å². The molecule has 0 spiro atoms. The monoisotopic (exact) mass is 577 g/mol. The number of hydrogen-bond donors (Lipinski definition) is 2.